The lowest BCUT2D eigenvalue weighted by molar-refractivity contribution is 0.119. The van der Waals surface area contributed by atoms with Gasteiger partial charge in [-0.1, -0.05) is 0 Å². The Balaban J connectivity index is 2.52. The maximum atomic E-state index is 6.09. The molecule has 4 heteroatoms. The number of likely N-dealkylation sites (N-methyl/N-ethyl adjacent to an activating group) is 2. The first-order valence-electron chi connectivity index (χ1n) is 5.28. The van der Waals surface area contributed by atoms with Gasteiger partial charge in [-0.15, -0.1) is 0 Å². The van der Waals surface area contributed by atoms with E-state index in [0.717, 1.165) is 13.1 Å². The maximum Gasteiger partial charge on any atom is 0.0629 e. The Morgan fingerprint density at radius 3 is 2.79 bits per heavy atom. The van der Waals surface area contributed by atoms with Crippen LogP contribution >= 0.6 is 0 Å². The lowest BCUT2D eigenvalue weighted by atomic mass is 10.1. The van der Waals surface area contributed by atoms with Crippen molar-refractivity contribution in [2.24, 2.45) is 5.73 Å². The van der Waals surface area contributed by atoms with Crippen molar-refractivity contribution >= 4 is 0 Å². The fraction of sp³-hybridized carbons (Fsp3) is 1.00. The number of methoxy groups -OCH3 is 1. The average Bonchev–Trinajstić information content (AvgIpc) is 2.29. The Labute approximate surface area is 87.0 Å². The van der Waals surface area contributed by atoms with Crippen LogP contribution in [-0.4, -0.2) is 69.3 Å². The highest BCUT2D eigenvalue weighted by atomic mass is 16.5. The normalized spacial score (nSPS) is 28.7. The second-order valence-corrected chi connectivity index (χ2v) is 4.28. The van der Waals surface area contributed by atoms with Crippen LogP contribution in [0.1, 0.15) is 6.42 Å². The summed E-state index contributed by atoms with van der Waals surface area (Å²) >= 11 is 0. The molecule has 2 N–H and O–H groups in total. The molecular formula is C10H23N3O. The summed E-state index contributed by atoms with van der Waals surface area (Å²) in [6, 6.07) is 0.535. The van der Waals surface area contributed by atoms with Crippen molar-refractivity contribution in [3.8, 4) is 0 Å². The van der Waals surface area contributed by atoms with Gasteiger partial charge in [0, 0.05) is 25.7 Å². The number of nitrogens with zero attached hydrogens (tertiary/aromatic N) is 2. The minimum Gasteiger partial charge on any atom is -0.383 e. The fourth-order valence-electron chi connectivity index (χ4n) is 2.07. The number of hydrogen-bond acceptors (Lipinski definition) is 4. The van der Waals surface area contributed by atoms with Gasteiger partial charge in [0.05, 0.1) is 6.61 Å². The van der Waals surface area contributed by atoms with Crippen molar-refractivity contribution in [3.05, 3.63) is 0 Å². The third-order valence-corrected chi connectivity index (χ3v) is 2.97. The Morgan fingerprint density at radius 1 is 1.43 bits per heavy atom. The molecule has 2 unspecified atom stereocenters. The van der Waals surface area contributed by atoms with Gasteiger partial charge in [-0.3, -0.25) is 0 Å². The predicted octanol–water partition coefficient (Wildman–Crippen LogP) is -0.404. The molecule has 4 nitrogen and oxygen atoms in total. The summed E-state index contributed by atoms with van der Waals surface area (Å²) in [6.07, 6.45) is 1.23. The molecule has 1 rings (SSSR count). The molecule has 0 aromatic heterocycles. The van der Waals surface area contributed by atoms with E-state index < -0.39 is 0 Å². The molecule has 2 atom stereocenters. The number of rotatable bonds is 3. The smallest absolute Gasteiger partial charge is 0.0629 e. The molecule has 0 radical (unpaired) electrons. The highest BCUT2D eigenvalue weighted by molar-refractivity contribution is 4.85. The quantitative estimate of drug-likeness (QED) is 0.674. The summed E-state index contributed by atoms with van der Waals surface area (Å²) in [5.74, 6) is 0. The highest BCUT2D eigenvalue weighted by Crippen LogP contribution is 2.09. The van der Waals surface area contributed by atoms with Crippen molar-refractivity contribution in [1.29, 1.82) is 0 Å². The minimum absolute atomic E-state index is 0.116. The van der Waals surface area contributed by atoms with Gasteiger partial charge >= 0.3 is 0 Å². The maximum absolute atomic E-state index is 6.09. The molecule has 1 fully saturated rings. The van der Waals surface area contributed by atoms with Crippen LogP contribution in [0.5, 0.6) is 0 Å². The summed E-state index contributed by atoms with van der Waals surface area (Å²) in [5.41, 5.74) is 6.09. The molecule has 1 aliphatic rings. The molecule has 0 aliphatic carbocycles. The number of ether oxygens (including phenoxy) is 1. The van der Waals surface area contributed by atoms with Gasteiger partial charge in [0.25, 0.3) is 0 Å². The summed E-state index contributed by atoms with van der Waals surface area (Å²) in [4.78, 5) is 4.71. The highest BCUT2D eigenvalue weighted by Gasteiger charge is 2.25. The molecule has 0 bridgehead atoms. The van der Waals surface area contributed by atoms with Gasteiger partial charge in [0.1, 0.15) is 0 Å². The van der Waals surface area contributed by atoms with Gasteiger partial charge in [0.2, 0.25) is 0 Å². The Kier molecular flexibility index (Phi) is 4.81. The Bertz CT molecular complexity index is 165. The molecule has 0 spiro atoms. The zero-order valence-corrected chi connectivity index (χ0v) is 9.57. The van der Waals surface area contributed by atoms with E-state index in [0.29, 0.717) is 12.6 Å². The van der Waals surface area contributed by atoms with E-state index in [2.05, 4.69) is 23.9 Å². The third kappa shape index (κ3) is 3.20. The Hall–Kier alpha value is -0.160. The first kappa shape index (κ1) is 11.9. The molecule has 1 saturated heterocycles. The van der Waals surface area contributed by atoms with Gasteiger partial charge in [-0.25, -0.2) is 0 Å². The first-order chi connectivity index (χ1) is 6.65. The predicted molar refractivity (Wildman–Crippen MR) is 58.4 cm³/mol. The van der Waals surface area contributed by atoms with E-state index >= 15 is 0 Å². The molecule has 14 heavy (non-hydrogen) atoms. The number of nitrogens with two attached hydrogens (primary N) is 1. The molecule has 0 aromatic rings. The van der Waals surface area contributed by atoms with Crippen LogP contribution in [0, 0.1) is 0 Å². The molecule has 84 valence electrons. The summed E-state index contributed by atoms with van der Waals surface area (Å²) < 4.78 is 5.11. The third-order valence-electron chi connectivity index (χ3n) is 2.97. The van der Waals surface area contributed by atoms with Crippen LogP contribution in [0.25, 0.3) is 0 Å². The topological polar surface area (TPSA) is 41.7 Å². The van der Waals surface area contributed by atoms with Crippen LogP contribution in [0.2, 0.25) is 0 Å². The zero-order chi connectivity index (χ0) is 10.6. The number of hydrogen-bond donors (Lipinski definition) is 1. The van der Waals surface area contributed by atoms with Crippen molar-refractivity contribution in [2.45, 2.75) is 18.5 Å². The molecule has 1 heterocycles. The Morgan fingerprint density at radius 2 is 2.14 bits per heavy atom. The standard InChI is InChI=1S/C10H23N3O/c1-12-5-4-6-13(2)10(7-12)9(11)8-14-3/h9-10H,4-8,11H2,1-3H3. The second-order valence-electron chi connectivity index (χ2n) is 4.28. The van der Waals surface area contributed by atoms with Crippen LogP contribution < -0.4 is 5.73 Å². The van der Waals surface area contributed by atoms with Crippen LogP contribution in [0.3, 0.4) is 0 Å². The van der Waals surface area contributed by atoms with Crippen LogP contribution in [0.4, 0.5) is 0 Å². The van der Waals surface area contributed by atoms with Crippen LogP contribution in [-0.2, 0) is 4.74 Å². The fourth-order valence-corrected chi connectivity index (χ4v) is 2.07. The van der Waals surface area contributed by atoms with E-state index in [1.54, 1.807) is 7.11 Å². The van der Waals surface area contributed by atoms with Gasteiger partial charge in [-0.05, 0) is 33.6 Å². The molecule has 0 aromatic carbocycles. The van der Waals surface area contributed by atoms with Crippen molar-refractivity contribution in [1.82, 2.24) is 9.80 Å². The first-order valence-corrected chi connectivity index (χ1v) is 5.28. The van der Waals surface area contributed by atoms with E-state index in [9.17, 15) is 0 Å². The summed E-state index contributed by atoms with van der Waals surface area (Å²) in [7, 11) is 6.02. The minimum atomic E-state index is 0.116. The largest absolute Gasteiger partial charge is 0.383 e. The zero-order valence-electron chi connectivity index (χ0n) is 9.57. The molecule has 0 amide bonds. The van der Waals surface area contributed by atoms with Crippen molar-refractivity contribution in [2.75, 3.05) is 47.4 Å². The second kappa shape index (κ2) is 5.66. The molecule has 1 aliphatic heterocycles. The SMILES string of the molecule is COCC(N)C1CN(C)CCCN1C. The lowest BCUT2D eigenvalue weighted by Gasteiger charge is -2.31. The van der Waals surface area contributed by atoms with E-state index in [4.69, 9.17) is 10.5 Å². The van der Waals surface area contributed by atoms with Crippen LogP contribution in [0.15, 0.2) is 0 Å². The summed E-state index contributed by atoms with van der Waals surface area (Å²) in [6.45, 7) is 3.98. The van der Waals surface area contributed by atoms with E-state index in [1.165, 1.54) is 13.0 Å². The lowest BCUT2D eigenvalue weighted by Crippen LogP contribution is -2.52. The average molecular weight is 201 g/mol. The van der Waals surface area contributed by atoms with Gasteiger partial charge in [0.15, 0.2) is 0 Å². The van der Waals surface area contributed by atoms with E-state index in [1.807, 2.05) is 0 Å². The monoisotopic (exact) mass is 201 g/mol. The van der Waals surface area contributed by atoms with Gasteiger partial charge in [-0.2, -0.15) is 0 Å². The molecular weight excluding hydrogens is 178 g/mol. The van der Waals surface area contributed by atoms with E-state index in [-0.39, 0.29) is 6.04 Å². The summed E-state index contributed by atoms with van der Waals surface area (Å²) in [5, 5.41) is 0. The van der Waals surface area contributed by atoms with Crippen molar-refractivity contribution in [3.63, 3.8) is 0 Å². The molecule has 0 saturated carbocycles. The van der Waals surface area contributed by atoms with Gasteiger partial charge < -0.3 is 20.3 Å². The van der Waals surface area contributed by atoms with Crippen molar-refractivity contribution < 1.29 is 4.74 Å².